The lowest BCUT2D eigenvalue weighted by Gasteiger charge is -2.37. The van der Waals surface area contributed by atoms with Crippen LogP contribution in [0.1, 0.15) is 31.1 Å². The number of hydrogen-bond acceptors (Lipinski definition) is 3. The summed E-state index contributed by atoms with van der Waals surface area (Å²) < 4.78 is 0. The molecule has 0 N–H and O–H groups in total. The van der Waals surface area contributed by atoms with Crippen molar-refractivity contribution in [3.8, 4) is 0 Å². The Labute approximate surface area is 94.5 Å². The minimum absolute atomic E-state index is 0.498. The Hall–Kier alpha value is -1.84. The van der Waals surface area contributed by atoms with Gasteiger partial charge in [-0.3, -0.25) is 4.79 Å². The number of rotatable bonds is 2. The summed E-state index contributed by atoms with van der Waals surface area (Å²) in [5, 5.41) is 11.0. The number of carbonyl (C=O) groups excluding carboxylic acids is 2. The number of aldehydes is 1. The van der Waals surface area contributed by atoms with E-state index in [0.29, 0.717) is 17.5 Å². The smallest absolute Gasteiger partial charge is 0.150 e. The van der Waals surface area contributed by atoms with Gasteiger partial charge in [0.15, 0.2) is 0 Å². The van der Waals surface area contributed by atoms with Crippen LogP contribution in [0.25, 0.3) is 0 Å². The van der Waals surface area contributed by atoms with Crippen molar-refractivity contribution in [3.63, 3.8) is 0 Å². The van der Waals surface area contributed by atoms with E-state index in [0.717, 1.165) is 4.90 Å². The highest BCUT2D eigenvalue weighted by atomic mass is 16.4. The number of nitrogens with zero attached hydrogens (tertiary/aromatic N) is 1. The second-order valence-corrected chi connectivity index (χ2v) is 4.48. The first-order chi connectivity index (χ1) is 7.36. The maximum absolute atomic E-state index is 11.0. The van der Waals surface area contributed by atoms with E-state index in [2.05, 4.69) is 0 Å². The molecule has 86 valence electrons. The standard InChI is InChI=1S/C12H15NO3/c1-12(2,3)13(11(15)16)10-6-4-9(8-14)5-7-10/h4-8H,1-3H3,(H,15,16)/p-1. The molecule has 0 saturated heterocycles. The van der Waals surface area contributed by atoms with Crippen LogP contribution in [0.15, 0.2) is 24.3 Å². The van der Waals surface area contributed by atoms with Crippen molar-refractivity contribution in [2.24, 2.45) is 0 Å². The molecule has 0 aromatic heterocycles. The molecular formula is C12H14NO3-. The van der Waals surface area contributed by atoms with Gasteiger partial charge in [-0.2, -0.15) is 0 Å². The molecule has 0 heterocycles. The van der Waals surface area contributed by atoms with E-state index < -0.39 is 11.6 Å². The average molecular weight is 220 g/mol. The van der Waals surface area contributed by atoms with Gasteiger partial charge >= 0.3 is 0 Å². The Morgan fingerprint density at radius 3 is 2.06 bits per heavy atom. The highest BCUT2D eigenvalue weighted by Gasteiger charge is 2.22. The van der Waals surface area contributed by atoms with Crippen LogP contribution in [-0.2, 0) is 0 Å². The fourth-order valence-corrected chi connectivity index (χ4v) is 1.47. The molecule has 16 heavy (non-hydrogen) atoms. The molecule has 1 rings (SSSR count). The number of carboxylic acid groups (broad SMARTS) is 1. The largest absolute Gasteiger partial charge is 0.530 e. The quantitative estimate of drug-likeness (QED) is 0.709. The van der Waals surface area contributed by atoms with Crippen molar-refractivity contribution in [1.82, 2.24) is 0 Å². The Morgan fingerprint density at radius 1 is 1.25 bits per heavy atom. The van der Waals surface area contributed by atoms with Gasteiger partial charge in [0, 0.05) is 16.8 Å². The Kier molecular flexibility index (Phi) is 3.32. The van der Waals surface area contributed by atoms with Crippen molar-refractivity contribution in [2.45, 2.75) is 26.3 Å². The summed E-state index contributed by atoms with van der Waals surface area (Å²) in [5.41, 5.74) is 0.427. The van der Waals surface area contributed by atoms with Gasteiger partial charge in [0.1, 0.15) is 12.4 Å². The van der Waals surface area contributed by atoms with Gasteiger partial charge in [0.05, 0.1) is 0 Å². The van der Waals surface area contributed by atoms with Gasteiger partial charge in [-0.15, -0.1) is 0 Å². The van der Waals surface area contributed by atoms with Crippen LogP contribution in [-0.4, -0.2) is 17.9 Å². The van der Waals surface area contributed by atoms with E-state index >= 15 is 0 Å². The number of amides is 1. The van der Waals surface area contributed by atoms with Crippen LogP contribution >= 0.6 is 0 Å². The van der Waals surface area contributed by atoms with E-state index in [4.69, 9.17) is 0 Å². The van der Waals surface area contributed by atoms with E-state index in [1.54, 1.807) is 45.0 Å². The van der Waals surface area contributed by atoms with E-state index in [1.165, 1.54) is 0 Å². The highest BCUT2D eigenvalue weighted by molar-refractivity contribution is 5.87. The maximum atomic E-state index is 11.0. The van der Waals surface area contributed by atoms with E-state index in [-0.39, 0.29) is 0 Å². The normalized spacial score (nSPS) is 10.9. The predicted octanol–water partition coefficient (Wildman–Crippen LogP) is 1.45. The second-order valence-electron chi connectivity index (χ2n) is 4.48. The maximum Gasteiger partial charge on any atom is 0.150 e. The van der Waals surface area contributed by atoms with Crippen molar-refractivity contribution >= 4 is 18.1 Å². The summed E-state index contributed by atoms with van der Waals surface area (Å²) in [4.78, 5) is 22.7. The average Bonchev–Trinajstić information content (AvgIpc) is 2.16. The molecule has 0 atom stereocenters. The predicted molar refractivity (Wildman–Crippen MR) is 59.5 cm³/mol. The SMILES string of the molecule is CC(C)(C)N(C(=O)[O-])c1ccc(C=O)cc1. The van der Waals surface area contributed by atoms with Gasteiger partial charge < -0.3 is 14.8 Å². The molecule has 0 radical (unpaired) electrons. The molecule has 0 saturated carbocycles. The second kappa shape index (κ2) is 4.35. The molecule has 1 aromatic rings. The number of anilines is 1. The minimum Gasteiger partial charge on any atom is -0.530 e. The number of carbonyl (C=O) groups is 2. The third kappa shape index (κ3) is 2.59. The first-order valence-electron chi connectivity index (χ1n) is 4.92. The Morgan fingerprint density at radius 2 is 1.75 bits per heavy atom. The molecular weight excluding hydrogens is 206 g/mol. The van der Waals surface area contributed by atoms with Crippen molar-refractivity contribution in [1.29, 1.82) is 0 Å². The van der Waals surface area contributed by atoms with Gasteiger partial charge in [0.2, 0.25) is 0 Å². The van der Waals surface area contributed by atoms with Crippen LogP contribution in [0, 0.1) is 0 Å². The van der Waals surface area contributed by atoms with Gasteiger partial charge in [0.25, 0.3) is 0 Å². The summed E-state index contributed by atoms with van der Waals surface area (Å²) in [6.07, 6.45) is -0.545. The fourth-order valence-electron chi connectivity index (χ4n) is 1.47. The van der Waals surface area contributed by atoms with Crippen molar-refractivity contribution in [2.75, 3.05) is 4.90 Å². The first kappa shape index (κ1) is 12.2. The van der Waals surface area contributed by atoms with Crippen molar-refractivity contribution < 1.29 is 14.7 Å². The fraction of sp³-hybridized carbons (Fsp3) is 0.333. The summed E-state index contributed by atoms with van der Waals surface area (Å²) in [5.74, 6) is 0. The van der Waals surface area contributed by atoms with E-state index in [9.17, 15) is 14.7 Å². The topological polar surface area (TPSA) is 60.4 Å². The molecule has 0 aliphatic rings. The summed E-state index contributed by atoms with van der Waals surface area (Å²) >= 11 is 0. The van der Waals surface area contributed by atoms with Crippen LogP contribution in [0.5, 0.6) is 0 Å². The van der Waals surface area contributed by atoms with Crippen molar-refractivity contribution in [3.05, 3.63) is 29.8 Å². The number of benzene rings is 1. The molecule has 4 nitrogen and oxygen atoms in total. The molecule has 0 unspecified atom stereocenters. The third-order valence-electron chi connectivity index (χ3n) is 2.14. The Balaban J connectivity index is 3.12. The highest BCUT2D eigenvalue weighted by Crippen LogP contribution is 2.23. The summed E-state index contributed by atoms with van der Waals surface area (Å²) in [6, 6.07) is 6.32. The molecule has 0 fully saturated rings. The lowest BCUT2D eigenvalue weighted by Crippen LogP contribution is -2.52. The summed E-state index contributed by atoms with van der Waals surface area (Å²) in [7, 11) is 0. The van der Waals surface area contributed by atoms with Gasteiger partial charge in [-0.25, -0.2) is 0 Å². The zero-order chi connectivity index (χ0) is 12.3. The monoisotopic (exact) mass is 220 g/mol. The molecule has 0 bridgehead atoms. The van der Waals surface area contributed by atoms with Crippen LogP contribution in [0.2, 0.25) is 0 Å². The lowest BCUT2D eigenvalue weighted by molar-refractivity contribution is -0.247. The Bertz CT molecular complexity index is 390. The van der Waals surface area contributed by atoms with Crippen LogP contribution in [0.4, 0.5) is 10.5 Å². The molecule has 4 heteroatoms. The lowest BCUT2D eigenvalue weighted by atomic mass is 10.1. The zero-order valence-corrected chi connectivity index (χ0v) is 9.56. The number of hydrogen-bond donors (Lipinski definition) is 0. The van der Waals surface area contributed by atoms with E-state index in [1.807, 2.05) is 0 Å². The van der Waals surface area contributed by atoms with Gasteiger partial charge in [-0.05, 0) is 45.0 Å². The van der Waals surface area contributed by atoms with Crippen LogP contribution in [0.3, 0.4) is 0 Å². The minimum atomic E-state index is -1.26. The summed E-state index contributed by atoms with van der Waals surface area (Å²) in [6.45, 7) is 5.32. The molecule has 0 aliphatic carbocycles. The van der Waals surface area contributed by atoms with Crippen LogP contribution < -0.4 is 10.0 Å². The van der Waals surface area contributed by atoms with Gasteiger partial charge in [-0.1, -0.05) is 0 Å². The molecule has 0 aliphatic heterocycles. The zero-order valence-electron chi connectivity index (χ0n) is 9.56. The molecule has 1 aromatic carbocycles. The molecule has 0 spiro atoms. The molecule has 1 amide bonds. The first-order valence-corrected chi connectivity index (χ1v) is 4.92. The third-order valence-corrected chi connectivity index (χ3v) is 2.14.